The van der Waals surface area contributed by atoms with E-state index in [0.29, 0.717) is 27.8 Å². The van der Waals surface area contributed by atoms with Crippen molar-refractivity contribution >= 4 is 34.3 Å². The molecule has 6 nitrogen and oxygen atoms in total. The van der Waals surface area contributed by atoms with E-state index < -0.39 is 11.9 Å². The molecule has 0 radical (unpaired) electrons. The Kier molecular flexibility index (Phi) is 5.53. The molecule has 2 N–H and O–H groups in total. The average Bonchev–Trinajstić information content (AvgIpc) is 2.79. The van der Waals surface area contributed by atoms with Crippen molar-refractivity contribution in [3.63, 3.8) is 0 Å². The van der Waals surface area contributed by atoms with Crippen LogP contribution in [0.1, 0.15) is 27.6 Å². The van der Waals surface area contributed by atoms with Gasteiger partial charge in [-0.3, -0.25) is 14.9 Å². The van der Waals surface area contributed by atoms with E-state index in [1.165, 1.54) is 6.92 Å². The molecule has 4 aromatic rings. The van der Waals surface area contributed by atoms with Crippen molar-refractivity contribution in [3.8, 4) is 11.3 Å². The predicted molar refractivity (Wildman–Crippen MR) is 120 cm³/mol. The number of benzene rings is 3. The zero-order valence-electron chi connectivity index (χ0n) is 16.8. The summed E-state index contributed by atoms with van der Waals surface area (Å²) in [7, 11) is 0. The number of fused-ring (bicyclic) bond motifs is 1. The van der Waals surface area contributed by atoms with Crippen molar-refractivity contribution in [2.24, 2.45) is 0 Å². The van der Waals surface area contributed by atoms with Gasteiger partial charge in [-0.1, -0.05) is 48.5 Å². The minimum absolute atomic E-state index is 0.123. The molecule has 0 aliphatic rings. The molecule has 152 valence electrons. The van der Waals surface area contributed by atoms with Crippen molar-refractivity contribution in [2.45, 2.75) is 6.92 Å². The number of amides is 3. The number of imide groups is 1. The summed E-state index contributed by atoms with van der Waals surface area (Å²) in [6, 6.07) is 24.3. The topological polar surface area (TPSA) is 88.2 Å². The van der Waals surface area contributed by atoms with E-state index in [0.717, 1.165) is 5.56 Å². The zero-order chi connectivity index (χ0) is 21.8. The number of hydrogen-bond acceptors (Lipinski definition) is 4. The van der Waals surface area contributed by atoms with Gasteiger partial charge in [0.25, 0.3) is 5.91 Å². The number of urea groups is 1. The van der Waals surface area contributed by atoms with Crippen LogP contribution in [0.4, 0.5) is 10.5 Å². The largest absolute Gasteiger partial charge is 0.326 e. The van der Waals surface area contributed by atoms with Crippen LogP contribution in [0.2, 0.25) is 0 Å². The van der Waals surface area contributed by atoms with Crippen molar-refractivity contribution in [2.75, 3.05) is 5.32 Å². The van der Waals surface area contributed by atoms with Crippen LogP contribution < -0.4 is 10.6 Å². The van der Waals surface area contributed by atoms with Crippen LogP contribution in [0.3, 0.4) is 0 Å². The maximum absolute atomic E-state index is 13.0. The molecule has 0 bridgehead atoms. The second kappa shape index (κ2) is 8.59. The van der Waals surface area contributed by atoms with Crippen LogP contribution in [0.15, 0.2) is 84.9 Å². The highest BCUT2D eigenvalue weighted by atomic mass is 16.2. The molecule has 0 aliphatic heterocycles. The number of para-hydroxylation sites is 1. The predicted octanol–water partition coefficient (Wildman–Crippen LogP) is 5.07. The van der Waals surface area contributed by atoms with E-state index in [1.54, 1.807) is 48.5 Å². The van der Waals surface area contributed by atoms with Crippen LogP contribution in [0.25, 0.3) is 22.2 Å². The van der Waals surface area contributed by atoms with Gasteiger partial charge in [0.1, 0.15) is 0 Å². The molecule has 1 aromatic heterocycles. The minimum atomic E-state index is -0.648. The molecule has 0 saturated carbocycles. The van der Waals surface area contributed by atoms with Gasteiger partial charge in [-0.05, 0) is 43.3 Å². The number of rotatable bonds is 4. The Hall–Kier alpha value is -4.32. The Bertz CT molecular complexity index is 1290. The lowest BCUT2D eigenvalue weighted by Gasteiger charge is -2.12. The Morgan fingerprint density at radius 1 is 0.806 bits per heavy atom. The number of aromatic nitrogens is 1. The minimum Gasteiger partial charge on any atom is -0.308 e. The molecule has 3 amide bonds. The summed E-state index contributed by atoms with van der Waals surface area (Å²) in [6.45, 7) is 1.46. The maximum atomic E-state index is 13.0. The molecular weight excluding hydrogens is 390 g/mol. The summed E-state index contributed by atoms with van der Waals surface area (Å²) < 4.78 is 0. The SMILES string of the molecule is CC(=O)c1ccc2nc(-c3ccccc3)cc(C(=O)NC(=O)Nc3ccccc3)c2c1. The summed E-state index contributed by atoms with van der Waals surface area (Å²) in [5.74, 6) is -0.707. The molecule has 4 rings (SSSR count). The van der Waals surface area contributed by atoms with Crippen molar-refractivity contribution < 1.29 is 14.4 Å². The van der Waals surface area contributed by atoms with Crippen LogP contribution in [0, 0.1) is 0 Å². The van der Waals surface area contributed by atoms with Crippen molar-refractivity contribution in [1.82, 2.24) is 10.3 Å². The van der Waals surface area contributed by atoms with Crippen LogP contribution in [-0.4, -0.2) is 22.7 Å². The number of pyridine rings is 1. The van der Waals surface area contributed by atoms with Gasteiger partial charge in [-0.15, -0.1) is 0 Å². The molecule has 0 spiro atoms. The smallest absolute Gasteiger partial charge is 0.308 e. The molecule has 6 heteroatoms. The zero-order valence-corrected chi connectivity index (χ0v) is 16.8. The fraction of sp³-hybridized carbons (Fsp3) is 0.0400. The normalized spacial score (nSPS) is 10.5. The first-order chi connectivity index (χ1) is 15.0. The third kappa shape index (κ3) is 4.48. The van der Waals surface area contributed by atoms with Crippen LogP contribution in [0.5, 0.6) is 0 Å². The average molecular weight is 409 g/mol. The number of Topliss-reactive ketones (excluding diaryl/α,β-unsaturated/α-hetero) is 1. The van der Waals surface area contributed by atoms with Crippen molar-refractivity contribution in [1.29, 1.82) is 0 Å². The lowest BCUT2D eigenvalue weighted by molar-refractivity contribution is 0.0966. The summed E-state index contributed by atoms with van der Waals surface area (Å²) >= 11 is 0. The van der Waals surface area contributed by atoms with Gasteiger partial charge in [-0.2, -0.15) is 0 Å². The number of carbonyl (C=O) groups is 3. The summed E-state index contributed by atoms with van der Waals surface area (Å²) in [4.78, 5) is 41.9. The Morgan fingerprint density at radius 2 is 1.48 bits per heavy atom. The number of hydrogen-bond donors (Lipinski definition) is 2. The van der Waals surface area contributed by atoms with Gasteiger partial charge in [0.05, 0.1) is 16.8 Å². The van der Waals surface area contributed by atoms with E-state index in [4.69, 9.17) is 0 Å². The molecule has 0 atom stereocenters. The summed E-state index contributed by atoms with van der Waals surface area (Å²) in [5, 5.41) is 5.49. The standard InChI is InChI=1S/C25H19N3O3/c1-16(29)18-12-13-22-20(14-18)21(15-23(27-22)17-8-4-2-5-9-17)24(30)28-25(31)26-19-10-6-3-7-11-19/h2-15H,1H3,(H2,26,28,30,31). The summed E-state index contributed by atoms with van der Waals surface area (Å²) in [5.41, 5.74) is 3.27. The van der Waals surface area contributed by atoms with E-state index in [9.17, 15) is 14.4 Å². The maximum Gasteiger partial charge on any atom is 0.326 e. The molecule has 3 aromatic carbocycles. The lowest BCUT2D eigenvalue weighted by atomic mass is 10.0. The van der Waals surface area contributed by atoms with Gasteiger partial charge in [0.15, 0.2) is 5.78 Å². The molecule has 0 unspecified atom stereocenters. The second-order valence-corrected chi connectivity index (χ2v) is 6.98. The van der Waals surface area contributed by atoms with Gasteiger partial charge in [-0.25, -0.2) is 9.78 Å². The third-order valence-electron chi connectivity index (χ3n) is 4.79. The van der Waals surface area contributed by atoms with E-state index >= 15 is 0 Å². The van der Waals surface area contributed by atoms with Gasteiger partial charge >= 0.3 is 6.03 Å². The van der Waals surface area contributed by atoms with Gasteiger partial charge < -0.3 is 5.32 Å². The molecule has 0 saturated heterocycles. The Morgan fingerprint density at radius 3 is 2.16 bits per heavy atom. The number of nitrogens with zero attached hydrogens (tertiary/aromatic N) is 1. The Labute approximate surface area is 178 Å². The molecular formula is C25H19N3O3. The first-order valence-corrected chi connectivity index (χ1v) is 9.70. The van der Waals surface area contributed by atoms with Gasteiger partial charge in [0, 0.05) is 22.2 Å². The Balaban J connectivity index is 1.74. The fourth-order valence-electron chi connectivity index (χ4n) is 3.24. The summed E-state index contributed by atoms with van der Waals surface area (Å²) in [6.07, 6.45) is 0. The third-order valence-corrected chi connectivity index (χ3v) is 4.79. The van der Waals surface area contributed by atoms with Crippen molar-refractivity contribution in [3.05, 3.63) is 96.1 Å². The monoisotopic (exact) mass is 409 g/mol. The number of carbonyl (C=O) groups excluding carboxylic acids is 3. The van der Waals surface area contributed by atoms with E-state index in [2.05, 4.69) is 15.6 Å². The molecule has 0 fully saturated rings. The number of anilines is 1. The van der Waals surface area contributed by atoms with Crippen LogP contribution >= 0.6 is 0 Å². The second-order valence-electron chi connectivity index (χ2n) is 6.98. The molecule has 1 heterocycles. The van der Waals surface area contributed by atoms with Crippen LogP contribution in [-0.2, 0) is 0 Å². The first kappa shape index (κ1) is 20.0. The number of ketones is 1. The number of nitrogens with one attached hydrogen (secondary N) is 2. The quantitative estimate of drug-likeness (QED) is 0.461. The van der Waals surface area contributed by atoms with E-state index in [-0.39, 0.29) is 11.3 Å². The fourth-order valence-corrected chi connectivity index (χ4v) is 3.24. The molecule has 31 heavy (non-hydrogen) atoms. The first-order valence-electron chi connectivity index (χ1n) is 9.70. The van der Waals surface area contributed by atoms with Gasteiger partial charge in [0.2, 0.25) is 0 Å². The molecule has 0 aliphatic carbocycles. The highest BCUT2D eigenvalue weighted by Crippen LogP contribution is 2.26. The lowest BCUT2D eigenvalue weighted by Crippen LogP contribution is -2.34. The van der Waals surface area contributed by atoms with E-state index in [1.807, 2.05) is 36.4 Å². The highest BCUT2D eigenvalue weighted by molar-refractivity contribution is 6.14. The highest BCUT2D eigenvalue weighted by Gasteiger charge is 2.17.